The minimum atomic E-state index is -0.766. The number of carbonyl (C=O) groups is 1. The molecule has 6 nitrogen and oxygen atoms in total. The van der Waals surface area contributed by atoms with Crippen LogP contribution in [0.4, 0.5) is 0 Å². The third-order valence-corrected chi connectivity index (χ3v) is 4.20. The lowest BCUT2D eigenvalue weighted by molar-refractivity contribution is -0.150. The summed E-state index contributed by atoms with van der Waals surface area (Å²) in [5.41, 5.74) is -0.766. The van der Waals surface area contributed by atoms with Gasteiger partial charge in [0.15, 0.2) is 5.82 Å². The zero-order chi connectivity index (χ0) is 14.6. The molecule has 1 N–H and O–H groups in total. The zero-order valence-electron chi connectivity index (χ0n) is 12.3. The summed E-state index contributed by atoms with van der Waals surface area (Å²) in [4.78, 5) is 17.9. The summed E-state index contributed by atoms with van der Waals surface area (Å²) in [6.45, 7) is 5.24. The van der Waals surface area contributed by atoms with Gasteiger partial charge in [0.2, 0.25) is 5.89 Å². The molecular weight excluding hydrogens is 258 g/mol. The fraction of sp³-hybridized carbons (Fsp3) is 0.786. The minimum absolute atomic E-state index is 0.430. The van der Waals surface area contributed by atoms with Crippen LogP contribution in [-0.4, -0.2) is 38.2 Å². The van der Waals surface area contributed by atoms with E-state index in [0.717, 1.165) is 38.1 Å². The van der Waals surface area contributed by atoms with Crippen LogP contribution in [0.2, 0.25) is 0 Å². The van der Waals surface area contributed by atoms with E-state index < -0.39 is 11.5 Å². The maximum Gasteiger partial charge on any atom is 0.324 e. The number of aliphatic carboxylic acids is 1. The molecule has 1 aromatic heterocycles. The lowest BCUT2D eigenvalue weighted by Crippen LogP contribution is -2.49. The van der Waals surface area contributed by atoms with Crippen LogP contribution in [0.3, 0.4) is 0 Å². The van der Waals surface area contributed by atoms with Gasteiger partial charge in [-0.05, 0) is 32.2 Å². The van der Waals surface area contributed by atoms with Gasteiger partial charge in [-0.2, -0.15) is 4.98 Å². The molecule has 1 atom stereocenters. The number of nitrogens with zero attached hydrogens (tertiary/aromatic N) is 3. The Kier molecular flexibility index (Phi) is 4.75. The molecule has 1 unspecified atom stereocenters. The van der Waals surface area contributed by atoms with Crippen LogP contribution in [-0.2, 0) is 17.8 Å². The van der Waals surface area contributed by atoms with E-state index in [4.69, 9.17) is 4.52 Å². The van der Waals surface area contributed by atoms with Gasteiger partial charge in [-0.25, -0.2) is 0 Å². The Hall–Kier alpha value is -1.43. The molecule has 1 aliphatic rings. The highest BCUT2D eigenvalue weighted by atomic mass is 16.5. The highest BCUT2D eigenvalue weighted by molar-refractivity contribution is 5.79. The molecule has 0 saturated carbocycles. The van der Waals surface area contributed by atoms with Crippen LogP contribution in [0.25, 0.3) is 0 Å². The Labute approximate surface area is 119 Å². The number of aryl methyl sites for hydroxylation is 1. The molecule has 0 amide bonds. The minimum Gasteiger partial charge on any atom is -0.480 e. The van der Waals surface area contributed by atoms with Crippen molar-refractivity contribution in [2.75, 3.05) is 6.54 Å². The zero-order valence-corrected chi connectivity index (χ0v) is 12.3. The smallest absolute Gasteiger partial charge is 0.324 e. The summed E-state index contributed by atoms with van der Waals surface area (Å²) in [6, 6.07) is 0. The van der Waals surface area contributed by atoms with Crippen LogP contribution in [0, 0.1) is 0 Å². The number of unbranched alkanes of at least 4 members (excludes halogenated alkanes) is 1. The molecule has 0 aliphatic carbocycles. The van der Waals surface area contributed by atoms with Gasteiger partial charge >= 0.3 is 5.97 Å². The number of hydrogen-bond donors (Lipinski definition) is 1. The van der Waals surface area contributed by atoms with Crippen molar-refractivity contribution < 1.29 is 14.4 Å². The number of aromatic nitrogens is 2. The Bertz CT molecular complexity index is 460. The van der Waals surface area contributed by atoms with E-state index in [2.05, 4.69) is 17.1 Å². The summed E-state index contributed by atoms with van der Waals surface area (Å²) in [5.74, 6) is 0.499. The quantitative estimate of drug-likeness (QED) is 0.825. The molecule has 0 radical (unpaired) electrons. The number of carboxylic acid groups (broad SMARTS) is 1. The number of likely N-dealkylation sites (tertiary alicyclic amines) is 1. The van der Waals surface area contributed by atoms with E-state index in [1.165, 1.54) is 0 Å². The second kappa shape index (κ2) is 6.35. The van der Waals surface area contributed by atoms with Gasteiger partial charge in [-0.1, -0.05) is 25.4 Å². The molecule has 0 bridgehead atoms. The van der Waals surface area contributed by atoms with Crippen LogP contribution >= 0.6 is 0 Å². The normalized spacial score (nSPS) is 23.3. The maximum absolute atomic E-state index is 11.6. The lowest BCUT2D eigenvalue weighted by Gasteiger charge is -2.32. The van der Waals surface area contributed by atoms with E-state index >= 15 is 0 Å². The molecule has 1 aliphatic heterocycles. The van der Waals surface area contributed by atoms with Gasteiger partial charge in [-0.3, -0.25) is 9.69 Å². The van der Waals surface area contributed by atoms with Crippen molar-refractivity contribution in [1.82, 2.24) is 15.0 Å². The highest BCUT2D eigenvalue weighted by Gasteiger charge is 2.46. The molecule has 112 valence electrons. The number of carboxylic acids is 1. The average molecular weight is 281 g/mol. The van der Waals surface area contributed by atoms with Crippen molar-refractivity contribution in [2.24, 2.45) is 0 Å². The SMILES string of the molecule is CCCCc1noc(CN2CCCC2(CC)C(=O)O)n1. The highest BCUT2D eigenvalue weighted by Crippen LogP contribution is 2.33. The lowest BCUT2D eigenvalue weighted by atomic mass is 9.93. The van der Waals surface area contributed by atoms with Crippen molar-refractivity contribution >= 4 is 5.97 Å². The van der Waals surface area contributed by atoms with E-state index in [-0.39, 0.29) is 0 Å². The molecule has 1 saturated heterocycles. The Morgan fingerprint density at radius 3 is 2.95 bits per heavy atom. The van der Waals surface area contributed by atoms with Gasteiger partial charge < -0.3 is 9.63 Å². The summed E-state index contributed by atoms with van der Waals surface area (Å²) in [6.07, 6.45) is 5.13. The predicted octanol–water partition coefficient (Wildman–Crippen LogP) is 2.24. The Morgan fingerprint density at radius 1 is 1.50 bits per heavy atom. The summed E-state index contributed by atoms with van der Waals surface area (Å²) < 4.78 is 5.25. The van der Waals surface area contributed by atoms with Crippen molar-refractivity contribution in [2.45, 2.75) is 64.5 Å². The van der Waals surface area contributed by atoms with Crippen LogP contribution in [0.15, 0.2) is 4.52 Å². The summed E-state index contributed by atoms with van der Waals surface area (Å²) >= 11 is 0. The van der Waals surface area contributed by atoms with Gasteiger partial charge in [0.25, 0.3) is 0 Å². The fourth-order valence-corrected chi connectivity index (χ4v) is 2.91. The average Bonchev–Trinajstić information content (AvgIpc) is 3.04. The molecule has 20 heavy (non-hydrogen) atoms. The number of hydrogen-bond acceptors (Lipinski definition) is 5. The largest absolute Gasteiger partial charge is 0.480 e. The van der Waals surface area contributed by atoms with Crippen LogP contribution in [0.1, 0.15) is 57.7 Å². The molecule has 2 rings (SSSR count). The number of rotatable bonds is 7. The van der Waals surface area contributed by atoms with E-state index in [1.54, 1.807) is 0 Å². The maximum atomic E-state index is 11.6. The Balaban J connectivity index is 2.05. The van der Waals surface area contributed by atoms with Gasteiger partial charge in [0.1, 0.15) is 5.54 Å². The van der Waals surface area contributed by atoms with Crippen molar-refractivity contribution in [3.05, 3.63) is 11.7 Å². The predicted molar refractivity (Wildman–Crippen MR) is 73.2 cm³/mol. The standard InChI is InChI=1S/C14H23N3O3/c1-3-5-7-11-15-12(20-16-11)10-17-9-6-8-14(17,4-2)13(18)19/h3-10H2,1-2H3,(H,18,19). The second-order valence-corrected chi connectivity index (χ2v) is 5.42. The van der Waals surface area contributed by atoms with Crippen molar-refractivity contribution in [3.8, 4) is 0 Å². The molecule has 2 heterocycles. The summed E-state index contributed by atoms with van der Waals surface area (Å²) in [5, 5.41) is 13.5. The van der Waals surface area contributed by atoms with E-state index in [9.17, 15) is 9.90 Å². The first-order valence-electron chi connectivity index (χ1n) is 7.42. The molecule has 1 aromatic rings. The first-order valence-corrected chi connectivity index (χ1v) is 7.42. The fourth-order valence-electron chi connectivity index (χ4n) is 2.91. The molecule has 0 spiro atoms. The first-order chi connectivity index (χ1) is 9.62. The van der Waals surface area contributed by atoms with Crippen molar-refractivity contribution in [1.29, 1.82) is 0 Å². The van der Waals surface area contributed by atoms with Crippen molar-refractivity contribution in [3.63, 3.8) is 0 Å². The third kappa shape index (κ3) is 2.85. The third-order valence-electron chi connectivity index (χ3n) is 4.20. The molecule has 1 fully saturated rings. The van der Waals surface area contributed by atoms with E-state index in [0.29, 0.717) is 25.3 Å². The van der Waals surface area contributed by atoms with Gasteiger partial charge in [0, 0.05) is 6.42 Å². The molecule has 6 heteroatoms. The van der Waals surface area contributed by atoms with Gasteiger partial charge in [-0.15, -0.1) is 0 Å². The van der Waals surface area contributed by atoms with E-state index in [1.807, 2.05) is 11.8 Å². The van der Waals surface area contributed by atoms with Crippen LogP contribution in [0.5, 0.6) is 0 Å². The van der Waals surface area contributed by atoms with Crippen LogP contribution < -0.4 is 0 Å². The Morgan fingerprint density at radius 2 is 2.30 bits per heavy atom. The summed E-state index contributed by atoms with van der Waals surface area (Å²) in [7, 11) is 0. The topological polar surface area (TPSA) is 79.5 Å². The van der Waals surface area contributed by atoms with Gasteiger partial charge in [0.05, 0.1) is 6.54 Å². The molecule has 0 aromatic carbocycles. The second-order valence-electron chi connectivity index (χ2n) is 5.42. The first kappa shape index (κ1) is 15.0. The monoisotopic (exact) mass is 281 g/mol. The molecular formula is C14H23N3O3.